The first-order chi connectivity index (χ1) is 14.0. The minimum absolute atomic E-state index is 0.0603. The minimum Gasteiger partial charge on any atom is -0.433 e. The van der Waals surface area contributed by atoms with E-state index in [1.807, 2.05) is 6.07 Å². The van der Waals surface area contributed by atoms with E-state index in [0.717, 1.165) is 12.8 Å². The Balaban J connectivity index is 1.74. The van der Waals surface area contributed by atoms with Crippen molar-refractivity contribution in [1.82, 2.24) is 19.9 Å². The van der Waals surface area contributed by atoms with Gasteiger partial charge in [-0.05, 0) is 38.0 Å². The number of hydrogen-bond acceptors (Lipinski definition) is 7. The number of nitrogens with zero attached hydrogens (tertiary/aromatic N) is 5. The summed E-state index contributed by atoms with van der Waals surface area (Å²) in [5, 5.41) is 9.06. The Morgan fingerprint density at radius 2 is 2.00 bits per heavy atom. The fraction of sp³-hybridized carbons (Fsp3) is 0.250. The molecule has 7 nitrogen and oxygen atoms in total. The van der Waals surface area contributed by atoms with Gasteiger partial charge in [0.15, 0.2) is 11.6 Å². The van der Waals surface area contributed by atoms with Crippen molar-refractivity contribution in [2.24, 2.45) is 0 Å². The van der Waals surface area contributed by atoms with Crippen LogP contribution in [0.2, 0.25) is 0 Å². The molecule has 29 heavy (non-hydrogen) atoms. The Morgan fingerprint density at radius 1 is 1.21 bits per heavy atom. The van der Waals surface area contributed by atoms with E-state index in [0.29, 0.717) is 34.0 Å². The monoisotopic (exact) mass is 394 g/mol. The number of alkyl halides is 2. The molecular formula is C20H16F2N6O. The van der Waals surface area contributed by atoms with Crippen LogP contribution in [0.1, 0.15) is 48.0 Å². The molecule has 2 N–H and O–H groups in total. The standard InChI is InChI=1S/C20H16F2N6O/c1-10-17(16(12-2-3-12)28-19(26-10)18(21)22)29-20-14(24)4-5-15(27-20)13-6-11(7-23)8-25-9-13/h4-6,8-9,12,18H,2-3,24H2,1H3. The Hall–Kier alpha value is -3.67. The first kappa shape index (κ1) is 18.7. The van der Waals surface area contributed by atoms with Crippen LogP contribution in [0, 0.1) is 18.3 Å². The zero-order chi connectivity index (χ0) is 20.5. The zero-order valence-corrected chi connectivity index (χ0v) is 15.4. The van der Waals surface area contributed by atoms with Crippen molar-refractivity contribution in [2.45, 2.75) is 32.1 Å². The highest BCUT2D eigenvalue weighted by atomic mass is 19.3. The highest BCUT2D eigenvalue weighted by Crippen LogP contribution is 2.45. The number of halogens is 2. The third-order valence-corrected chi connectivity index (χ3v) is 4.49. The SMILES string of the molecule is Cc1nc(C(F)F)nc(C2CC2)c1Oc1nc(-c2cncc(C#N)c2)ccc1N. The van der Waals surface area contributed by atoms with E-state index in [-0.39, 0.29) is 17.5 Å². The fourth-order valence-corrected chi connectivity index (χ4v) is 2.90. The molecule has 0 atom stereocenters. The van der Waals surface area contributed by atoms with Crippen LogP contribution in [-0.2, 0) is 0 Å². The number of nitriles is 1. The molecule has 1 fully saturated rings. The van der Waals surface area contributed by atoms with Gasteiger partial charge in [-0.15, -0.1) is 0 Å². The van der Waals surface area contributed by atoms with Crippen LogP contribution >= 0.6 is 0 Å². The average Bonchev–Trinajstić information content (AvgIpc) is 3.56. The van der Waals surface area contributed by atoms with Crippen molar-refractivity contribution < 1.29 is 13.5 Å². The third-order valence-electron chi connectivity index (χ3n) is 4.49. The zero-order valence-electron chi connectivity index (χ0n) is 15.4. The maximum absolute atomic E-state index is 13.1. The molecule has 0 radical (unpaired) electrons. The molecule has 3 aromatic rings. The predicted molar refractivity (Wildman–Crippen MR) is 100 cm³/mol. The Bertz CT molecular complexity index is 1120. The molecule has 0 saturated heterocycles. The maximum Gasteiger partial charge on any atom is 0.297 e. The molecule has 146 valence electrons. The van der Waals surface area contributed by atoms with Gasteiger partial charge in [0.1, 0.15) is 6.07 Å². The van der Waals surface area contributed by atoms with E-state index in [1.165, 1.54) is 6.20 Å². The van der Waals surface area contributed by atoms with Crippen LogP contribution in [-0.4, -0.2) is 19.9 Å². The van der Waals surface area contributed by atoms with Crippen molar-refractivity contribution in [3.05, 3.63) is 53.4 Å². The molecular weight excluding hydrogens is 378 g/mol. The van der Waals surface area contributed by atoms with Crippen molar-refractivity contribution in [2.75, 3.05) is 5.73 Å². The first-order valence-electron chi connectivity index (χ1n) is 8.92. The van der Waals surface area contributed by atoms with Crippen molar-refractivity contribution in [1.29, 1.82) is 5.26 Å². The summed E-state index contributed by atoms with van der Waals surface area (Å²) in [5.74, 6) is -0.0312. The lowest BCUT2D eigenvalue weighted by Crippen LogP contribution is -2.07. The molecule has 3 aromatic heterocycles. The van der Waals surface area contributed by atoms with E-state index in [2.05, 4.69) is 19.9 Å². The molecule has 0 unspecified atom stereocenters. The van der Waals surface area contributed by atoms with E-state index >= 15 is 0 Å². The summed E-state index contributed by atoms with van der Waals surface area (Å²) in [6.07, 6.45) is 1.97. The molecule has 1 saturated carbocycles. The lowest BCUT2D eigenvalue weighted by molar-refractivity contribution is 0.139. The second kappa shape index (κ2) is 7.39. The summed E-state index contributed by atoms with van der Waals surface area (Å²) in [6, 6.07) is 6.99. The number of pyridine rings is 2. The number of aromatic nitrogens is 4. The van der Waals surface area contributed by atoms with Crippen molar-refractivity contribution in [3.8, 4) is 29.0 Å². The molecule has 4 rings (SSSR count). The number of aryl methyl sites for hydroxylation is 1. The number of nitrogen functional groups attached to an aromatic ring is 1. The third kappa shape index (κ3) is 3.82. The molecule has 3 heterocycles. The van der Waals surface area contributed by atoms with E-state index in [9.17, 15) is 8.78 Å². The average molecular weight is 394 g/mol. The summed E-state index contributed by atoms with van der Waals surface area (Å²) in [4.78, 5) is 16.4. The second-order valence-corrected chi connectivity index (χ2v) is 6.72. The lowest BCUT2D eigenvalue weighted by Gasteiger charge is -2.15. The number of hydrogen-bond donors (Lipinski definition) is 1. The molecule has 1 aliphatic rings. The van der Waals surface area contributed by atoms with E-state index in [1.54, 1.807) is 31.3 Å². The summed E-state index contributed by atoms with van der Waals surface area (Å²) in [7, 11) is 0. The van der Waals surface area contributed by atoms with Gasteiger partial charge in [0.2, 0.25) is 5.88 Å². The van der Waals surface area contributed by atoms with Gasteiger partial charge in [-0.2, -0.15) is 5.26 Å². The van der Waals surface area contributed by atoms with Crippen molar-refractivity contribution in [3.63, 3.8) is 0 Å². The van der Waals surface area contributed by atoms with Gasteiger partial charge >= 0.3 is 0 Å². The summed E-state index contributed by atoms with van der Waals surface area (Å²) < 4.78 is 32.2. The maximum atomic E-state index is 13.1. The molecule has 9 heteroatoms. The van der Waals surface area contributed by atoms with Gasteiger partial charge in [-0.1, -0.05) is 0 Å². The summed E-state index contributed by atoms with van der Waals surface area (Å²) in [6.45, 7) is 1.59. The topological polar surface area (TPSA) is 111 Å². The van der Waals surface area contributed by atoms with Crippen LogP contribution in [0.3, 0.4) is 0 Å². The van der Waals surface area contributed by atoms with Crippen LogP contribution < -0.4 is 10.5 Å². The Labute approximate surface area is 165 Å². The number of anilines is 1. The van der Waals surface area contributed by atoms with Gasteiger partial charge in [-0.3, -0.25) is 4.98 Å². The Kier molecular flexibility index (Phi) is 4.76. The molecule has 0 bridgehead atoms. The summed E-state index contributed by atoms with van der Waals surface area (Å²) in [5.41, 5.74) is 8.58. The quantitative estimate of drug-likeness (QED) is 0.687. The second-order valence-electron chi connectivity index (χ2n) is 6.72. The number of rotatable bonds is 5. The van der Waals surface area contributed by atoms with E-state index < -0.39 is 12.2 Å². The van der Waals surface area contributed by atoms with Crippen LogP contribution in [0.5, 0.6) is 11.6 Å². The summed E-state index contributed by atoms with van der Waals surface area (Å²) >= 11 is 0. The predicted octanol–water partition coefficient (Wildman–Crippen LogP) is 4.30. The first-order valence-corrected chi connectivity index (χ1v) is 8.92. The minimum atomic E-state index is -2.76. The van der Waals surface area contributed by atoms with Crippen LogP contribution in [0.25, 0.3) is 11.3 Å². The molecule has 0 aliphatic heterocycles. The lowest BCUT2D eigenvalue weighted by atomic mass is 10.1. The molecule has 0 amide bonds. The van der Waals surface area contributed by atoms with Gasteiger partial charge in [0.05, 0.1) is 28.3 Å². The highest BCUT2D eigenvalue weighted by Gasteiger charge is 2.32. The Morgan fingerprint density at radius 3 is 2.69 bits per heavy atom. The highest BCUT2D eigenvalue weighted by molar-refractivity contribution is 5.64. The molecule has 0 aromatic carbocycles. The van der Waals surface area contributed by atoms with Crippen molar-refractivity contribution >= 4 is 5.69 Å². The number of ether oxygens (including phenoxy) is 1. The molecule has 1 aliphatic carbocycles. The molecule has 0 spiro atoms. The fourth-order valence-electron chi connectivity index (χ4n) is 2.90. The van der Waals surface area contributed by atoms with E-state index in [4.69, 9.17) is 15.7 Å². The van der Waals surface area contributed by atoms with Crippen LogP contribution in [0.4, 0.5) is 14.5 Å². The largest absolute Gasteiger partial charge is 0.433 e. The number of nitrogens with two attached hydrogens (primary N) is 1. The van der Waals surface area contributed by atoms with Gasteiger partial charge < -0.3 is 10.5 Å². The normalized spacial score (nSPS) is 13.3. The smallest absolute Gasteiger partial charge is 0.297 e. The van der Waals surface area contributed by atoms with Gasteiger partial charge in [0, 0.05) is 23.9 Å². The van der Waals surface area contributed by atoms with Gasteiger partial charge in [0.25, 0.3) is 6.43 Å². The van der Waals surface area contributed by atoms with Crippen LogP contribution in [0.15, 0.2) is 30.6 Å². The van der Waals surface area contributed by atoms with Gasteiger partial charge in [-0.25, -0.2) is 23.7 Å².